The third-order valence-corrected chi connectivity index (χ3v) is 4.15. The van der Waals surface area contributed by atoms with E-state index in [1.54, 1.807) is 12.4 Å². The van der Waals surface area contributed by atoms with E-state index in [1.807, 2.05) is 35.2 Å². The summed E-state index contributed by atoms with van der Waals surface area (Å²) in [6.07, 6.45) is 6.65. The molecule has 124 valence electrons. The molecule has 3 aromatic rings. The molecule has 0 aliphatic carbocycles. The van der Waals surface area contributed by atoms with Crippen molar-refractivity contribution >= 4 is 11.7 Å². The van der Waals surface area contributed by atoms with E-state index in [2.05, 4.69) is 26.9 Å². The maximum Gasteiger partial charge on any atom is 0.293 e. The number of hydrogen-bond acceptors (Lipinski definition) is 4. The van der Waals surface area contributed by atoms with E-state index in [1.165, 1.54) is 10.9 Å². The molecular formula is C19H17N5O. The number of nitrogens with zero attached hydrogens (tertiary/aromatic N) is 5. The summed E-state index contributed by atoms with van der Waals surface area (Å²) in [6, 6.07) is 9.74. The van der Waals surface area contributed by atoms with Crippen molar-refractivity contribution in [1.29, 1.82) is 0 Å². The predicted octanol–water partition coefficient (Wildman–Crippen LogP) is 2.15. The van der Waals surface area contributed by atoms with Gasteiger partial charge in [-0.2, -0.15) is 4.98 Å². The van der Waals surface area contributed by atoms with E-state index in [0.29, 0.717) is 5.78 Å². The summed E-state index contributed by atoms with van der Waals surface area (Å²) in [6.45, 7) is 1.55. The Kier molecular flexibility index (Phi) is 4.13. The second kappa shape index (κ2) is 6.73. The van der Waals surface area contributed by atoms with Gasteiger partial charge >= 0.3 is 0 Å². The average molecular weight is 331 g/mol. The van der Waals surface area contributed by atoms with Crippen LogP contribution < -0.4 is 0 Å². The number of piperidine rings is 1. The first-order chi connectivity index (χ1) is 12.3. The fourth-order valence-electron chi connectivity index (χ4n) is 2.84. The van der Waals surface area contributed by atoms with Crippen LogP contribution in [0.1, 0.15) is 41.0 Å². The highest BCUT2D eigenvalue weighted by atomic mass is 16.2. The molecule has 6 nitrogen and oxygen atoms in total. The lowest BCUT2D eigenvalue weighted by molar-refractivity contribution is 0.0712. The molecule has 3 heterocycles. The highest BCUT2D eigenvalue weighted by Gasteiger charge is 2.22. The molecule has 1 aliphatic heterocycles. The zero-order chi connectivity index (χ0) is 17.1. The van der Waals surface area contributed by atoms with Gasteiger partial charge in [0, 0.05) is 31.0 Å². The highest BCUT2D eigenvalue weighted by Crippen LogP contribution is 2.12. The average Bonchev–Trinajstić information content (AvgIpc) is 3.10. The van der Waals surface area contributed by atoms with Crippen LogP contribution in [0.4, 0.5) is 0 Å². The van der Waals surface area contributed by atoms with Crippen molar-refractivity contribution < 1.29 is 4.79 Å². The number of aromatic nitrogens is 4. The molecule has 0 bridgehead atoms. The smallest absolute Gasteiger partial charge is 0.293 e. The van der Waals surface area contributed by atoms with Gasteiger partial charge in [-0.05, 0) is 31.4 Å². The predicted molar refractivity (Wildman–Crippen MR) is 93.0 cm³/mol. The van der Waals surface area contributed by atoms with Gasteiger partial charge < -0.3 is 4.90 Å². The van der Waals surface area contributed by atoms with E-state index in [-0.39, 0.29) is 11.7 Å². The lowest BCUT2D eigenvalue weighted by atomic mass is 10.1. The van der Waals surface area contributed by atoms with Gasteiger partial charge in [-0.3, -0.25) is 4.79 Å². The van der Waals surface area contributed by atoms with Crippen LogP contribution in [0.2, 0.25) is 0 Å². The number of carbonyl (C=O) groups is 1. The number of likely N-dealkylation sites (tertiary alicyclic amines) is 1. The zero-order valence-electron chi connectivity index (χ0n) is 13.7. The molecule has 0 unspecified atom stereocenters. The minimum absolute atomic E-state index is 0.123. The van der Waals surface area contributed by atoms with Crippen molar-refractivity contribution in [3.8, 4) is 11.8 Å². The van der Waals surface area contributed by atoms with E-state index in [4.69, 9.17) is 0 Å². The Hall–Kier alpha value is -3.20. The number of rotatable bonds is 1. The van der Waals surface area contributed by atoms with Gasteiger partial charge in [0.2, 0.25) is 5.82 Å². The van der Waals surface area contributed by atoms with E-state index < -0.39 is 0 Å². The SMILES string of the molecule is O=C(c1nc2ncc(C#Cc3ccccc3)cn2n1)N1CCCCC1. The molecule has 2 aromatic heterocycles. The van der Waals surface area contributed by atoms with Crippen LogP contribution in [0.15, 0.2) is 42.7 Å². The first-order valence-electron chi connectivity index (χ1n) is 8.38. The molecule has 25 heavy (non-hydrogen) atoms. The van der Waals surface area contributed by atoms with Gasteiger partial charge in [-0.1, -0.05) is 30.0 Å². The normalized spacial score (nSPS) is 14.2. The number of benzene rings is 1. The lowest BCUT2D eigenvalue weighted by Gasteiger charge is -2.25. The fraction of sp³-hybridized carbons (Fsp3) is 0.263. The van der Waals surface area contributed by atoms with E-state index in [0.717, 1.165) is 37.1 Å². The summed E-state index contributed by atoms with van der Waals surface area (Å²) in [7, 11) is 0. The number of amides is 1. The molecule has 6 heteroatoms. The molecule has 1 aromatic carbocycles. The second-order valence-electron chi connectivity index (χ2n) is 5.99. The van der Waals surface area contributed by atoms with Crippen molar-refractivity contribution in [2.24, 2.45) is 0 Å². The van der Waals surface area contributed by atoms with Crippen molar-refractivity contribution in [3.63, 3.8) is 0 Å². The molecule has 1 aliphatic rings. The highest BCUT2D eigenvalue weighted by molar-refractivity contribution is 5.90. The molecule has 0 radical (unpaired) electrons. The van der Waals surface area contributed by atoms with Gasteiger partial charge in [0.05, 0.1) is 5.56 Å². The lowest BCUT2D eigenvalue weighted by Crippen LogP contribution is -2.36. The number of fused-ring (bicyclic) bond motifs is 1. The Morgan fingerprint density at radius 2 is 1.76 bits per heavy atom. The van der Waals surface area contributed by atoms with Crippen molar-refractivity contribution in [2.45, 2.75) is 19.3 Å². The van der Waals surface area contributed by atoms with Crippen LogP contribution in [0.25, 0.3) is 5.78 Å². The zero-order valence-corrected chi connectivity index (χ0v) is 13.7. The van der Waals surface area contributed by atoms with Crippen LogP contribution in [0.5, 0.6) is 0 Å². The summed E-state index contributed by atoms with van der Waals surface area (Å²) in [4.78, 5) is 22.8. The van der Waals surface area contributed by atoms with Gasteiger partial charge in [0.15, 0.2) is 0 Å². The Bertz CT molecular complexity index is 962. The summed E-state index contributed by atoms with van der Waals surface area (Å²) in [5.41, 5.74) is 1.65. The van der Waals surface area contributed by atoms with Crippen LogP contribution >= 0.6 is 0 Å². The Balaban J connectivity index is 1.59. The first-order valence-corrected chi connectivity index (χ1v) is 8.38. The Morgan fingerprint density at radius 3 is 2.56 bits per heavy atom. The van der Waals surface area contributed by atoms with E-state index >= 15 is 0 Å². The molecule has 1 saturated heterocycles. The fourth-order valence-corrected chi connectivity index (χ4v) is 2.84. The maximum atomic E-state index is 12.5. The third kappa shape index (κ3) is 3.36. The number of carbonyl (C=O) groups excluding carboxylic acids is 1. The van der Waals surface area contributed by atoms with Crippen molar-refractivity contribution in [2.75, 3.05) is 13.1 Å². The molecule has 0 atom stereocenters. The minimum Gasteiger partial charge on any atom is -0.336 e. The molecule has 1 fully saturated rings. The minimum atomic E-state index is -0.123. The quantitative estimate of drug-likeness (QED) is 0.641. The molecular weight excluding hydrogens is 314 g/mol. The Morgan fingerprint density at radius 1 is 1.00 bits per heavy atom. The summed E-state index contributed by atoms with van der Waals surface area (Å²) < 4.78 is 1.52. The second-order valence-corrected chi connectivity index (χ2v) is 5.99. The monoisotopic (exact) mass is 331 g/mol. The van der Waals surface area contributed by atoms with Gasteiger partial charge in [-0.25, -0.2) is 9.50 Å². The first kappa shape index (κ1) is 15.3. The maximum absolute atomic E-state index is 12.5. The van der Waals surface area contributed by atoms with Crippen LogP contribution in [0.3, 0.4) is 0 Å². The standard InChI is InChI=1S/C19H17N5O/c25-18(23-11-5-2-6-12-23)17-21-19-20-13-16(14-24(19)22-17)10-9-15-7-3-1-4-8-15/h1,3-4,7-8,13-14H,2,5-6,11-12H2. The van der Waals surface area contributed by atoms with Gasteiger partial charge in [-0.15, -0.1) is 5.10 Å². The topological polar surface area (TPSA) is 63.4 Å². The van der Waals surface area contributed by atoms with Crippen molar-refractivity contribution in [3.05, 3.63) is 59.7 Å². The Labute approximate surface area is 145 Å². The summed E-state index contributed by atoms with van der Waals surface area (Å²) >= 11 is 0. The largest absolute Gasteiger partial charge is 0.336 e. The van der Waals surface area contributed by atoms with Crippen molar-refractivity contribution in [1.82, 2.24) is 24.5 Å². The van der Waals surface area contributed by atoms with Crippen LogP contribution in [-0.4, -0.2) is 43.5 Å². The number of hydrogen-bond donors (Lipinski definition) is 0. The third-order valence-electron chi connectivity index (χ3n) is 4.15. The molecule has 4 rings (SSSR count). The van der Waals surface area contributed by atoms with Gasteiger partial charge in [0.1, 0.15) is 0 Å². The summed E-state index contributed by atoms with van der Waals surface area (Å²) in [5.74, 6) is 6.62. The molecule has 0 spiro atoms. The van der Waals surface area contributed by atoms with E-state index in [9.17, 15) is 4.79 Å². The molecule has 0 saturated carbocycles. The molecule has 1 amide bonds. The van der Waals surface area contributed by atoms with Gasteiger partial charge in [0.25, 0.3) is 11.7 Å². The molecule has 0 N–H and O–H groups in total. The summed E-state index contributed by atoms with van der Waals surface area (Å²) in [5, 5.41) is 4.29. The van der Waals surface area contributed by atoms with Crippen LogP contribution in [-0.2, 0) is 0 Å². The van der Waals surface area contributed by atoms with Crippen LogP contribution in [0, 0.1) is 11.8 Å².